The summed E-state index contributed by atoms with van der Waals surface area (Å²) in [5, 5.41) is 2.74. The lowest BCUT2D eigenvalue weighted by atomic mass is 10.1. The van der Waals surface area contributed by atoms with Gasteiger partial charge < -0.3 is 14.8 Å². The summed E-state index contributed by atoms with van der Waals surface area (Å²) in [6.07, 6.45) is 1.61. The van der Waals surface area contributed by atoms with Crippen molar-refractivity contribution in [3.8, 4) is 0 Å². The average Bonchev–Trinajstić information content (AvgIpc) is 3.09. The normalized spacial score (nSPS) is 16.0. The van der Waals surface area contributed by atoms with Crippen molar-refractivity contribution >= 4 is 33.3 Å². The molecule has 3 rings (SSSR count). The zero-order valence-corrected chi connectivity index (χ0v) is 17.6. The quantitative estimate of drug-likeness (QED) is 0.555. The number of esters is 2. The molecule has 2 aromatic rings. The molecule has 0 saturated carbocycles. The molecule has 1 unspecified atom stereocenters. The molecule has 1 aliphatic heterocycles. The van der Waals surface area contributed by atoms with Crippen LogP contribution in [-0.2, 0) is 35.5 Å². The van der Waals surface area contributed by atoms with Gasteiger partial charge in [-0.3, -0.25) is 4.31 Å². The maximum atomic E-state index is 13.2. The fourth-order valence-corrected chi connectivity index (χ4v) is 5.01. The number of sulfonamides is 1. The molecule has 0 amide bonds. The minimum atomic E-state index is -3.77. The molecule has 0 aliphatic carbocycles. The summed E-state index contributed by atoms with van der Waals surface area (Å²) in [5.41, 5.74) is 1.94. The number of para-hydroxylation sites is 1. The number of benzene rings is 2. The number of rotatable bonds is 6. The van der Waals surface area contributed by atoms with E-state index in [1.165, 1.54) is 42.8 Å². The summed E-state index contributed by atoms with van der Waals surface area (Å²) in [7, 11) is -1.40. The maximum Gasteiger partial charge on any atom is 0.354 e. The van der Waals surface area contributed by atoms with Crippen LogP contribution in [0.5, 0.6) is 0 Å². The lowest BCUT2D eigenvalue weighted by molar-refractivity contribution is -0.138. The second-order valence-electron chi connectivity index (χ2n) is 6.70. The predicted octanol–water partition coefficient (Wildman–Crippen LogP) is 2.47. The average molecular weight is 430 g/mol. The molecule has 0 radical (unpaired) electrons. The van der Waals surface area contributed by atoms with Crippen molar-refractivity contribution in [1.29, 1.82) is 0 Å². The van der Waals surface area contributed by atoms with Crippen LogP contribution in [0.25, 0.3) is 0 Å². The first-order chi connectivity index (χ1) is 14.3. The van der Waals surface area contributed by atoms with Crippen molar-refractivity contribution in [3.05, 3.63) is 65.9 Å². The molecule has 2 aromatic carbocycles. The first-order valence-corrected chi connectivity index (χ1v) is 10.6. The Kier molecular flexibility index (Phi) is 6.12. The minimum absolute atomic E-state index is 0.119. The van der Waals surface area contributed by atoms with Crippen LogP contribution in [0.4, 0.5) is 11.4 Å². The zero-order chi connectivity index (χ0) is 21.9. The van der Waals surface area contributed by atoms with Crippen molar-refractivity contribution in [3.63, 3.8) is 0 Å². The summed E-state index contributed by atoms with van der Waals surface area (Å²) < 4.78 is 37.1. The van der Waals surface area contributed by atoms with Gasteiger partial charge in [0.2, 0.25) is 0 Å². The Balaban J connectivity index is 1.87. The van der Waals surface area contributed by atoms with Gasteiger partial charge in [-0.2, -0.15) is 0 Å². The predicted molar refractivity (Wildman–Crippen MR) is 111 cm³/mol. The van der Waals surface area contributed by atoms with Crippen LogP contribution in [0.2, 0.25) is 0 Å². The smallest absolute Gasteiger partial charge is 0.354 e. The fourth-order valence-electron chi connectivity index (χ4n) is 3.32. The van der Waals surface area contributed by atoms with E-state index < -0.39 is 22.0 Å². The molecule has 8 nitrogen and oxygen atoms in total. The van der Waals surface area contributed by atoms with E-state index in [1.54, 1.807) is 6.07 Å². The molecule has 0 saturated heterocycles. The van der Waals surface area contributed by atoms with Gasteiger partial charge in [-0.1, -0.05) is 18.2 Å². The number of methoxy groups -OCH3 is 2. The highest BCUT2D eigenvalue weighted by molar-refractivity contribution is 7.92. The second kappa shape index (κ2) is 8.58. The van der Waals surface area contributed by atoms with Crippen molar-refractivity contribution in [1.82, 2.24) is 0 Å². The van der Waals surface area contributed by atoms with Gasteiger partial charge in [0, 0.05) is 11.7 Å². The van der Waals surface area contributed by atoms with Gasteiger partial charge in [0.1, 0.15) is 5.70 Å². The third-order valence-corrected chi connectivity index (χ3v) is 6.65. The highest BCUT2D eigenvalue weighted by Crippen LogP contribution is 2.36. The molecule has 158 valence electrons. The molecule has 1 atom stereocenters. The third-order valence-electron chi connectivity index (χ3n) is 4.70. The van der Waals surface area contributed by atoms with Crippen molar-refractivity contribution < 1.29 is 27.5 Å². The van der Waals surface area contributed by atoms with Gasteiger partial charge in [-0.15, -0.1) is 0 Å². The molecule has 9 heteroatoms. The van der Waals surface area contributed by atoms with Gasteiger partial charge in [0.15, 0.2) is 0 Å². The number of hydrogen-bond acceptors (Lipinski definition) is 7. The Labute approximate surface area is 175 Å². The molecule has 0 fully saturated rings. The second-order valence-corrected chi connectivity index (χ2v) is 8.52. The van der Waals surface area contributed by atoms with E-state index in [4.69, 9.17) is 0 Å². The number of nitrogens with zero attached hydrogens (tertiary/aromatic N) is 1. The Morgan fingerprint density at radius 1 is 1.07 bits per heavy atom. The molecule has 1 aliphatic rings. The number of nitrogens with one attached hydrogen (secondary N) is 1. The molecule has 30 heavy (non-hydrogen) atoms. The van der Waals surface area contributed by atoms with E-state index in [-0.39, 0.29) is 16.6 Å². The Hall–Kier alpha value is -3.33. The topological polar surface area (TPSA) is 102 Å². The number of carbonyl (C=O) groups is 2. The third kappa shape index (κ3) is 4.16. The number of fused-ring (bicyclic) bond motifs is 1. The first-order valence-electron chi connectivity index (χ1n) is 9.15. The first kappa shape index (κ1) is 21.4. The summed E-state index contributed by atoms with van der Waals surface area (Å²) in [6.45, 7) is 1.87. The Morgan fingerprint density at radius 3 is 2.37 bits per heavy atom. The lowest BCUT2D eigenvalue weighted by Crippen LogP contribution is -2.35. The number of ether oxygens (including phenoxy) is 2. The highest BCUT2D eigenvalue weighted by atomic mass is 32.2. The van der Waals surface area contributed by atoms with Crippen LogP contribution in [0.1, 0.15) is 12.5 Å². The van der Waals surface area contributed by atoms with Gasteiger partial charge >= 0.3 is 11.9 Å². The van der Waals surface area contributed by atoms with E-state index in [2.05, 4.69) is 14.8 Å². The van der Waals surface area contributed by atoms with E-state index in [0.717, 1.165) is 11.6 Å². The summed E-state index contributed by atoms with van der Waals surface area (Å²) in [5.74, 6) is -1.50. The van der Waals surface area contributed by atoms with Crippen molar-refractivity contribution in [2.24, 2.45) is 0 Å². The van der Waals surface area contributed by atoms with Gasteiger partial charge in [-0.05, 0) is 49.2 Å². The molecule has 0 aromatic heterocycles. The molecular weight excluding hydrogens is 408 g/mol. The van der Waals surface area contributed by atoms with Crippen LogP contribution < -0.4 is 9.62 Å². The minimum Gasteiger partial charge on any atom is -0.466 e. The van der Waals surface area contributed by atoms with Crippen LogP contribution in [0, 0.1) is 0 Å². The summed E-state index contributed by atoms with van der Waals surface area (Å²) in [6, 6.07) is 13.1. The van der Waals surface area contributed by atoms with Crippen molar-refractivity contribution in [2.45, 2.75) is 24.3 Å². The molecule has 1 heterocycles. The monoisotopic (exact) mass is 430 g/mol. The van der Waals surface area contributed by atoms with Crippen LogP contribution >= 0.6 is 0 Å². The zero-order valence-electron chi connectivity index (χ0n) is 16.8. The van der Waals surface area contributed by atoms with Crippen LogP contribution in [-0.4, -0.2) is 40.6 Å². The van der Waals surface area contributed by atoms with Gasteiger partial charge in [0.25, 0.3) is 10.0 Å². The molecular formula is C21H22N2O6S. The van der Waals surface area contributed by atoms with Gasteiger partial charge in [-0.25, -0.2) is 18.0 Å². The number of hydrogen-bond donors (Lipinski definition) is 1. The van der Waals surface area contributed by atoms with Crippen LogP contribution in [0.15, 0.2) is 65.2 Å². The van der Waals surface area contributed by atoms with E-state index in [9.17, 15) is 18.0 Å². The molecule has 0 spiro atoms. The molecule has 0 bridgehead atoms. The largest absolute Gasteiger partial charge is 0.466 e. The van der Waals surface area contributed by atoms with E-state index >= 15 is 0 Å². The van der Waals surface area contributed by atoms with Gasteiger partial charge in [0.05, 0.1) is 30.9 Å². The standard InChI is InChI=1S/C21H22N2O6S/c1-14-12-15-6-4-5-7-19(15)23(14)30(26,27)17-10-8-16(9-11-17)22-18(21(25)29-3)13-20(24)28-2/h4-11,13-14,22H,12H2,1-3H3/b18-13+. The number of anilines is 2. The fraction of sp³-hybridized carbons (Fsp3) is 0.238. The van der Waals surface area contributed by atoms with E-state index in [0.29, 0.717) is 17.8 Å². The van der Waals surface area contributed by atoms with Crippen LogP contribution in [0.3, 0.4) is 0 Å². The molecule has 1 N–H and O–H groups in total. The summed E-state index contributed by atoms with van der Waals surface area (Å²) >= 11 is 0. The lowest BCUT2D eigenvalue weighted by Gasteiger charge is -2.24. The van der Waals surface area contributed by atoms with E-state index in [1.807, 2.05) is 25.1 Å². The van der Waals surface area contributed by atoms with Crippen molar-refractivity contribution in [2.75, 3.05) is 23.8 Å². The Bertz CT molecular complexity index is 1090. The SMILES string of the molecule is COC(=O)/C=C(/Nc1ccc(S(=O)(=O)N2c3ccccc3CC2C)cc1)C(=O)OC. The Morgan fingerprint density at radius 2 is 1.73 bits per heavy atom. The summed E-state index contributed by atoms with van der Waals surface area (Å²) in [4.78, 5) is 23.4. The number of carbonyl (C=O) groups excluding carboxylic acids is 2. The maximum absolute atomic E-state index is 13.2. The highest BCUT2D eigenvalue weighted by Gasteiger charge is 2.35.